The number of esters is 1. The largest absolute Gasteiger partial charge is 0.459 e. The SMILES string of the molecule is CC(C)(C)OC(=O)CN1CCC(Nc2cc(C(=O)NC[C@H](O)CN3CCc4ccccc4C3)ncn2)CC1. The highest BCUT2D eigenvalue weighted by atomic mass is 16.6. The molecule has 3 N–H and O–H groups in total. The maximum atomic E-state index is 12.7. The lowest BCUT2D eigenvalue weighted by Gasteiger charge is -2.32. The van der Waals surface area contributed by atoms with Gasteiger partial charge in [0.2, 0.25) is 0 Å². The van der Waals surface area contributed by atoms with Crippen LogP contribution in [0.5, 0.6) is 0 Å². The monoisotopic (exact) mass is 524 g/mol. The molecule has 206 valence electrons. The molecule has 0 saturated carbocycles. The van der Waals surface area contributed by atoms with Gasteiger partial charge in [0.15, 0.2) is 0 Å². The van der Waals surface area contributed by atoms with Gasteiger partial charge in [-0.15, -0.1) is 0 Å². The molecule has 10 nitrogen and oxygen atoms in total. The van der Waals surface area contributed by atoms with E-state index in [1.165, 1.54) is 17.5 Å². The molecule has 1 aromatic carbocycles. The lowest BCUT2D eigenvalue weighted by atomic mass is 10.00. The molecule has 0 radical (unpaired) electrons. The Labute approximate surface area is 224 Å². The zero-order valence-electron chi connectivity index (χ0n) is 22.7. The summed E-state index contributed by atoms with van der Waals surface area (Å²) in [6.45, 7) is 9.80. The molecule has 0 aliphatic carbocycles. The third-order valence-corrected chi connectivity index (χ3v) is 6.79. The topological polar surface area (TPSA) is 120 Å². The summed E-state index contributed by atoms with van der Waals surface area (Å²) in [4.78, 5) is 37.5. The number of likely N-dealkylation sites (tertiary alicyclic amines) is 1. The van der Waals surface area contributed by atoms with Crippen molar-refractivity contribution in [2.75, 3.05) is 44.6 Å². The highest BCUT2D eigenvalue weighted by molar-refractivity contribution is 5.92. The van der Waals surface area contributed by atoms with Crippen LogP contribution in [0.3, 0.4) is 0 Å². The van der Waals surface area contributed by atoms with Crippen molar-refractivity contribution in [3.63, 3.8) is 0 Å². The number of rotatable bonds is 9. The second kappa shape index (κ2) is 12.6. The zero-order valence-corrected chi connectivity index (χ0v) is 22.7. The minimum atomic E-state index is -0.672. The lowest BCUT2D eigenvalue weighted by Crippen LogP contribution is -2.43. The summed E-state index contributed by atoms with van der Waals surface area (Å²) in [6.07, 6.45) is 3.36. The first-order valence-electron chi connectivity index (χ1n) is 13.4. The molecule has 2 aliphatic heterocycles. The number of anilines is 1. The summed E-state index contributed by atoms with van der Waals surface area (Å²) in [5.41, 5.74) is 2.44. The number of hydrogen-bond donors (Lipinski definition) is 3. The molecule has 10 heteroatoms. The smallest absolute Gasteiger partial charge is 0.320 e. The van der Waals surface area contributed by atoms with Crippen molar-refractivity contribution >= 4 is 17.7 Å². The minimum absolute atomic E-state index is 0.153. The molecule has 0 spiro atoms. The number of benzene rings is 1. The number of hydrogen-bond acceptors (Lipinski definition) is 9. The number of aromatic nitrogens is 2. The van der Waals surface area contributed by atoms with Crippen molar-refractivity contribution in [1.82, 2.24) is 25.1 Å². The fourth-order valence-corrected chi connectivity index (χ4v) is 4.93. The number of nitrogens with one attached hydrogen (secondary N) is 2. The molecule has 0 unspecified atom stereocenters. The Morgan fingerprint density at radius 2 is 1.84 bits per heavy atom. The van der Waals surface area contributed by atoms with E-state index >= 15 is 0 Å². The second-order valence-corrected chi connectivity index (χ2v) is 11.2. The van der Waals surface area contributed by atoms with Gasteiger partial charge in [0.05, 0.1) is 12.6 Å². The van der Waals surface area contributed by atoms with E-state index in [0.717, 1.165) is 45.4 Å². The van der Waals surface area contributed by atoms with Gasteiger partial charge in [0, 0.05) is 51.4 Å². The Morgan fingerprint density at radius 1 is 1.11 bits per heavy atom. The molecule has 2 aliphatic rings. The van der Waals surface area contributed by atoms with E-state index < -0.39 is 11.7 Å². The van der Waals surface area contributed by atoms with Crippen LogP contribution < -0.4 is 10.6 Å². The predicted molar refractivity (Wildman–Crippen MR) is 145 cm³/mol. The minimum Gasteiger partial charge on any atom is -0.459 e. The molecule has 1 fully saturated rings. The molecular formula is C28H40N6O4. The fourth-order valence-electron chi connectivity index (χ4n) is 4.93. The number of aliphatic hydroxyl groups is 1. The van der Waals surface area contributed by atoms with Crippen LogP contribution in [0.15, 0.2) is 36.7 Å². The summed E-state index contributed by atoms with van der Waals surface area (Å²) < 4.78 is 5.41. The van der Waals surface area contributed by atoms with Gasteiger partial charge < -0.3 is 20.5 Å². The van der Waals surface area contributed by atoms with Crippen LogP contribution >= 0.6 is 0 Å². The van der Waals surface area contributed by atoms with Gasteiger partial charge in [0.1, 0.15) is 23.4 Å². The summed E-state index contributed by atoms with van der Waals surface area (Å²) in [5.74, 6) is 0.0377. The van der Waals surface area contributed by atoms with E-state index in [0.29, 0.717) is 18.9 Å². The Kier molecular flexibility index (Phi) is 9.30. The maximum Gasteiger partial charge on any atom is 0.320 e. The number of carbonyl (C=O) groups excluding carboxylic acids is 2. The first kappa shape index (κ1) is 27.9. The average Bonchev–Trinajstić information content (AvgIpc) is 2.87. The first-order chi connectivity index (χ1) is 18.1. The third-order valence-electron chi connectivity index (χ3n) is 6.79. The molecule has 38 heavy (non-hydrogen) atoms. The maximum absolute atomic E-state index is 12.7. The van der Waals surface area contributed by atoms with E-state index in [1.807, 2.05) is 26.8 Å². The highest BCUT2D eigenvalue weighted by Gasteiger charge is 2.24. The van der Waals surface area contributed by atoms with E-state index in [2.05, 4.69) is 48.6 Å². The molecular weight excluding hydrogens is 484 g/mol. The Morgan fingerprint density at radius 3 is 2.58 bits per heavy atom. The van der Waals surface area contributed by atoms with Gasteiger partial charge in [-0.2, -0.15) is 0 Å². The molecule has 1 aromatic heterocycles. The van der Waals surface area contributed by atoms with Gasteiger partial charge in [-0.05, 0) is 51.2 Å². The Balaban J connectivity index is 1.19. The number of ether oxygens (including phenoxy) is 1. The van der Waals surface area contributed by atoms with Crippen LogP contribution in [-0.2, 0) is 22.5 Å². The summed E-state index contributed by atoms with van der Waals surface area (Å²) in [6, 6.07) is 10.2. The summed E-state index contributed by atoms with van der Waals surface area (Å²) in [7, 11) is 0. The van der Waals surface area contributed by atoms with Crippen molar-refractivity contribution in [3.8, 4) is 0 Å². The van der Waals surface area contributed by atoms with Crippen LogP contribution in [-0.4, -0.2) is 93.8 Å². The number of nitrogens with zero attached hydrogens (tertiary/aromatic N) is 4. The normalized spacial score (nSPS) is 17.9. The predicted octanol–water partition coefficient (Wildman–Crippen LogP) is 1.84. The summed E-state index contributed by atoms with van der Waals surface area (Å²) in [5, 5.41) is 16.7. The van der Waals surface area contributed by atoms with Gasteiger partial charge in [-0.25, -0.2) is 9.97 Å². The number of amides is 1. The third kappa shape index (κ3) is 8.47. The van der Waals surface area contributed by atoms with E-state index in [9.17, 15) is 14.7 Å². The molecule has 0 bridgehead atoms. The van der Waals surface area contributed by atoms with Crippen LogP contribution in [0.2, 0.25) is 0 Å². The first-order valence-corrected chi connectivity index (χ1v) is 13.4. The summed E-state index contributed by atoms with van der Waals surface area (Å²) >= 11 is 0. The van der Waals surface area contributed by atoms with Crippen molar-refractivity contribution in [2.24, 2.45) is 0 Å². The molecule has 1 atom stereocenters. The van der Waals surface area contributed by atoms with E-state index in [-0.39, 0.29) is 30.2 Å². The average molecular weight is 525 g/mol. The molecule has 3 heterocycles. The number of aliphatic hydroxyl groups excluding tert-OH is 1. The number of carbonyl (C=O) groups is 2. The zero-order chi connectivity index (χ0) is 27.1. The molecule has 4 rings (SSSR count). The van der Waals surface area contributed by atoms with Crippen LogP contribution in [0, 0.1) is 0 Å². The van der Waals surface area contributed by atoms with Crippen LogP contribution in [0.4, 0.5) is 5.82 Å². The van der Waals surface area contributed by atoms with Crippen molar-refractivity contribution in [1.29, 1.82) is 0 Å². The van der Waals surface area contributed by atoms with E-state index in [4.69, 9.17) is 4.74 Å². The van der Waals surface area contributed by atoms with E-state index in [1.54, 1.807) is 6.07 Å². The number of β-amino-alcohol motifs (C(OH)–C–C–N with tert-alkyl or cyclic N) is 1. The van der Waals surface area contributed by atoms with Crippen molar-refractivity contribution < 1.29 is 19.4 Å². The fraction of sp³-hybridized carbons (Fsp3) is 0.571. The van der Waals surface area contributed by atoms with Gasteiger partial charge >= 0.3 is 5.97 Å². The molecule has 2 aromatic rings. The quantitative estimate of drug-likeness (QED) is 0.422. The van der Waals surface area contributed by atoms with Gasteiger partial charge in [0.25, 0.3) is 5.91 Å². The van der Waals surface area contributed by atoms with Crippen molar-refractivity contribution in [2.45, 2.75) is 64.3 Å². The number of fused-ring (bicyclic) bond motifs is 1. The second-order valence-electron chi connectivity index (χ2n) is 11.2. The van der Waals surface area contributed by atoms with Gasteiger partial charge in [-0.1, -0.05) is 24.3 Å². The Hall–Kier alpha value is -3.08. The standard InChI is InChI=1S/C28H40N6O4/c1-28(2,3)38-26(36)18-33-12-9-22(10-13-33)32-25-14-24(30-19-31-25)27(37)29-15-23(35)17-34-11-8-20-6-4-5-7-21(20)16-34/h4-7,14,19,22-23,35H,8-13,15-18H2,1-3H3,(H,29,37)(H,30,31,32)/t23-/m0/s1. The lowest BCUT2D eigenvalue weighted by molar-refractivity contribution is -0.156. The molecule has 1 amide bonds. The number of piperidine rings is 1. The Bertz CT molecular complexity index is 1100. The van der Waals surface area contributed by atoms with Crippen molar-refractivity contribution in [3.05, 3.63) is 53.5 Å². The molecule has 1 saturated heterocycles. The van der Waals surface area contributed by atoms with Crippen LogP contribution in [0.25, 0.3) is 0 Å². The van der Waals surface area contributed by atoms with Crippen LogP contribution in [0.1, 0.15) is 55.2 Å². The highest BCUT2D eigenvalue weighted by Crippen LogP contribution is 2.19. The van der Waals surface area contributed by atoms with Gasteiger partial charge in [-0.3, -0.25) is 19.4 Å².